The van der Waals surface area contributed by atoms with Crippen LogP contribution in [0, 0.1) is 0 Å². The maximum Gasteiger partial charge on any atom is 0.305 e. The molecule has 0 fully saturated rings. The number of ether oxygens (including phenoxy) is 1. The van der Waals surface area contributed by atoms with E-state index in [-0.39, 0.29) is 5.97 Å². The van der Waals surface area contributed by atoms with Crippen molar-refractivity contribution < 1.29 is 9.53 Å². The molecule has 0 aliphatic rings. The molecule has 0 atom stereocenters. The lowest BCUT2D eigenvalue weighted by Crippen LogP contribution is -2.00. The Morgan fingerprint density at radius 2 is 2.06 bits per heavy atom. The predicted molar refractivity (Wildman–Crippen MR) is 68.9 cm³/mol. The Kier molecular flexibility index (Phi) is 6.34. The SMILES string of the molecule is COC(=O)CCCSCc1ccc(Cl)cc1. The van der Waals surface area contributed by atoms with Crippen LogP contribution in [0.5, 0.6) is 0 Å². The Balaban J connectivity index is 2.11. The van der Waals surface area contributed by atoms with Crippen molar-refractivity contribution in [3.05, 3.63) is 34.9 Å². The first-order valence-electron chi connectivity index (χ1n) is 5.11. The summed E-state index contributed by atoms with van der Waals surface area (Å²) in [5.74, 6) is 1.79. The van der Waals surface area contributed by atoms with Gasteiger partial charge in [-0.05, 0) is 29.9 Å². The van der Waals surface area contributed by atoms with Crippen LogP contribution in [0.15, 0.2) is 24.3 Å². The monoisotopic (exact) mass is 258 g/mol. The minimum absolute atomic E-state index is 0.132. The van der Waals surface area contributed by atoms with E-state index in [4.69, 9.17) is 11.6 Å². The lowest BCUT2D eigenvalue weighted by Gasteiger charge is -2.02. The third-order valence-electron chi connectivity index (χ3n) is 2.08. The molecule has 16 heavy (non-hydrogen) atoms. The van der Waals surface area contributed by atoms with E-state index in [0.29, 0.717) is 6.42 Å². The number of carbonyl (C=O) groups excluding carboxylic acids is 1. The third-order valence-corrected chi connectivity index (χ3v) is 3.45. The summed E-state index contributed by atoms with van der Waals surface area (Å²) >= 11 is 7.60. The first kappa shape index (κ1) is 13.4. The molecule has 2 nitrogen and oxygen atoms in total. The van der Waals surface area contributed by atoms with Crippen LogP contribution in [0.2, 0.25) is 5.02 Å². The number of hydrogen-bond donors (Lipinski definition) is 0. The molecule has 0 aromatic heterocycles. The summed E-state index contributed by atoms with van der Waals surface area (Å²) in [6.45, 7) is 0. The zero-order valence-corrected chi connectivity index (χ0v) is 10.8. The molecule has 0 spiro atoms. The Labute approximate surface area is 105 Å². The fraction of sp³-hybridized carbons (Fsp3) is 0.417. The van der Waals surface area contributed by atoms with Crippen LogP contribution in [0.4, 0.5) is 0 Å². The highest BCUT2D eigenvalue weighted by molar-refractivity contribution is 7.98. The van der Waals surface area contributed by atoms with Gasteiger partial charge in [0.1, 0.15) is 0 Å². The van der Waals surface area contributed by atoms with E-state index in [1.807, 2.05) is 36.0 Å². The van der Waals surface area contributed by atoms with E-state index in [9.17, 15) is 4.79 Å². The molecular weight excluding hydrogens is 244 g/mol. The minimum atomic E-state index is -0.132. The van der Waals surface area contributed by atoms with Crippen molar-refractivity contribution >= 4 is 29.3 Å². The normalized spacial score (nSPS) is 10.1. The number of thioether (sulfide) groups is 1. The van der Waals surface area contributed by atoms with E-state index in [1.165, 1.54) is 12.7 Å². The predicted octanol–water partition coefficient (Wildman–Crippen LogP) is 3.53. The molecule has 1 aromatic carbocycles. The molecule has 4 heteroatoms. The molecule has 0 aliphatic heterocycles. The molecule has 0 unspecified atom stereocenters. The van der Waals surface area contributed by atoms with Crippen LogP contribution in [-0.4, -0.2) is 18.8 Å². The first-order valence-corrected chi connectivity index (χ1v) is 6.64. The number of benzene rings is 1. The molecule has 0 heterocycles. The van der Waals surface area contributed by atoms with Gasteiger partial charge in [0.25, 0.3) is 0 Å². The van der Waals surface area contributed by atoms with Crippen LogP contribution in [0.1, 0.15) is 18.4 Å². The molecule has 0 aliphatic carbocycles. The van der Waals surface area contributed by atoms with Gasteiger partial charge in [-0.2, -0.15) is 11.8 Å². The second-order valence-electron chi connectivity index (χ2n) is 3.36. The lowest BCUT2D eigenvalue weighted by atomic mass is 10.2. The van der Waals surface area contributed by atoms with E-state index < -0.39 is 0 Å². The van der Waals surface area contributed by atoms with Gasteiger partial charge in [-0.25, -0.2) is 0 Å². The second kappa shape index (κ2) is 7.58. The summed E-state index contributed by atoms with van der Waals surface area (Å²) in [6.07, 6.45) is 1.37. The lowest BCUT2D eigenvalue weighted by molar-refractivity contribution is -0.140. The maximum absolute atomic E-state index is 10.8. The van der Waals surface area contributed by atoms with Gasteiger partial charge in [-0.3, -0.25) is 4.79 Å². The van der Waals surface area contributed by atoms with Crippen LogP contribution in [0.25, 0.3) is 0 Å². The Hall–Kier alpha value is -0.670. The van der Waals surface area contributed by atoms with Crippen molar-refractivity contribution in [1.29, 1.82) is 0 Å². The van der Waals surface area contributed by atoms with Gasteiger partial charge in [0, 0.05) is 17.2 Å². The first-order chi connectivity index (χ1) is 7.72. The minimum Gasteiger partial charge on any atom is -0.469 e. The fourth-order valence-corrected chi connectivity index (χ4v) is 2.24. The van der Waals surface area contributed by atoms with E-state index in [0.717, 1.165) is 22.9 Å². The van der Waals surface area contributed by atoms with Crippen molar-refractivity contribution in [2.45, 2.75) is 18.6 Å². The third kappa shape index (κ3) is 5.42. The molecule has 88 valence electrons. The molecule has 1 aromatic rings. The smallest absolute Gasteiger partial charge is 0.305 e. The van der Waals surface area contributed by atoms with Crippen LogP contribution < -0.4 is 0 Å². The zero-order valence-electron chi connectivity index (χ0n) is 9.24. The number of methoxy groups -OCH3 is 1. The molecule has 0 saturated heterocycles. The van der Waals surface area contributed by atoms with Crippen molar-refractivity contribution in [2.24, 2.45) is 0 Å². The maximum atomic E-state index is 10.8. The summed E-state index contributed by atoms with van der Waals surface area (Å²) in [6, 6.07) is 7.84. The van der Waals surface area contributed by atoms with Gasteiger partial charge in [0.05, 0.1) is 7.11 Å². The van der Waals surface area contributed by atoms with Crippen molar-refractivity contribution in [3.63, 3.8) is 0 Å². The summed E-state index contributed by atoms with van der Waals surface area (Å²) < 4.78 is 4.57. The van der Waals surface area contributed by atoms with E-state index in [2.05, 4.69) is 4.74 Å². The summed E-state index contributed by atoms with van der Waals surface area (Å²) in [7, 11) is 1.42. The average molecular weight is 259 g/mol. The van der Waals surface area contributed by atoms with Crippen molar-refractivity contribution in [3.8, 4) is 0 Å². The number of esters is 1. The van der Waals surface area contributed by atoms with Crippen LogP contribution in [0.3, 0.4) is 0 Å². The van der Waals surface area contributed by atoms with Gasteiger partial charge >= 0.3 is 5.97 Å². The van der Waals surface area contributed by atoms with E-state index in [1.54, 1.807) is 0 Å². The summed E-state index contributed by atoms with van der Waals surface area (Å²) in [5, 5.41) is 0.763. The Bertz CT molecular complexity index is 324. The van der Waals surface area contributed by atoms with E-state index >= 15 is 0 Å². The van der Waals surface area contributed by atoms with Crippen molar-refractivity contribution in [2.75, 3.05) is 12.9 Å². The molecule has 0 amide bonds. The van der Waals surface area contributed by atoms with Gasteiger partial charge in [-0.15, -0.1) is 0 Å². The molecule has 0 bridgehead atoms. The van der Waals surface area contributed by atoms with Gasteiger partial charge < -0.3 is 4.74 Å². The highest BCUT2D eigenvalue weighted by atomic mass is 35.5. The van der Waals surface area contributed by atoms with Gasteiger partial charge in [0.2, 0.25) is 0 Å². The Morgan fingerprint density at radius 3 is 2.69 bits per heavy atom. The summed E-state index contributed by atoms with van der Waals surface area (Å²) in [5.41, 5.74) is 1.26. The number of halogens is 1. The molecular formula is C12H15ClO2S. The van der Waals surface area contributed by atoms with Gasteiger partial charge in [0.15, 0.2) is 0 Å². The highest BCUT2D eigenvalue weighted by Gasteiger charge is 1.99. The van der Waals surface area contributed by atoms with Crippen LogP contribution in [-0.2, 0) is 15.3 Å². The molecule has 0 N–H and O–H groups in total. The van der Waals surface area contributed by atoms with Gasteiger partial charge in [-0.1, -0.05) is 23.7 Å². The average Bonchev–Trinajstić information content (AvgIpc) is 2.31. The second-order valence-corrected chi connectivity index (χ2v) is 4.90. The topological polar surface area (TPSA) is 26.3 Å². The quantitative estimate of drug-likeness (QED) is 0.577. The standard InChI is InChI=1S/C12H15ClO2S/c1-15-12(14)3-2-8-16-9-10-4-6-11(13)7-5-10/h4-7H,2-3,8-9H2,1H3. The summed E-state index contributed by atoms with van der Waals surface area (Å²) in [4.78, 5) is 10.8. The Morgan fingerprint density at radius 1 is 1.38 bits per heavy atom. The number of carbonyl (C=O) groups is 1. The molecule has 0 saturated carbocycles. The molecule has 0 radical (unpaired) electrons. The molecule has 1 rings (SSSR count). The van der Waals surface area contributed by atoms with Crippen LogP contribution >= 0.6 is 23.4 Å². The zero-order chi connectivity index (χ0) is 11.8. The highest BCUT2D eigenvalue weighted by Crippen LogP contribution is 2.16. The number of hydrogen-bond acceptors (Lipinski definition) is 3. The van der Waals surface area contributed by atoms with Crippen molar-refractivity contribution in [1.82, 2.24) is 0 Å². The largest absolute Gasteiger partial charge is 0.469 e. The number of rotatable bonds is 6. The fourth-order valence-electron chi connectivity index (χ4n) is 1.19.